The quantitative estimate of drug-likeness (QED) is 0.627. The SMILES string of the molecule is CN(C)Cc1cc2c(o1)CCN(CC(=O)CCCCc1ccc(F)cc1)C2. The standard InChI is InChI=1S/C22H29FN2O2/c1-24(2)16-21-13-18-14-25(12-11-22(18)27-21)15-20(26)6-4-3-5-17-7-9-19(23)10-8-17/h7-10,13H,3-6,11-12,14-16H2,1-2H3. The first kappa shape index (κ1) is 19.8. The van der Waals surface area contributed by atoms with Gasteiger partial charge in [-0.3, -0.25) is 9.69 Å². The van der Waals surface area contributed by atoms with Crippen molar-refractivity contribution in [1.82, 2.24) is 9.80 Å². The molecule has 0 N–H and O–H groups in total. The zero-order valence-electron chi connectivity index (χ0n) is 16.3. The molecule has 1 aliphatic heterocycles. The van der Waals surface area contributed by atoms with Crippen LogP contribution in [0.15, 0.2) is 34.7 Å². The molecule has 0 spiro atoms. The maximum Gasteiger partial charge on any atom is 0.146 e. The highest BCUT2D eigenvalue weighted by molar-refractivity contribution is 5.80. The molecule has 1 aliphatic rings. The molecule has 0 saturated heterocycles. The van der Waals surface area contributed by atoms with Crippen LogP contribution < -0.4 is 0 Å². The number of nitrogens with zero attached hydrogens (tertiary/aromatic N) is 2. The van der Waals surface area contributed by atoms with Gasteiger partial charge in [0, 0.05) is 31.5 Å². The third kappa shape index (κ3) is 6.01. The van der Waals surface area contributed by atoms with Gasteiger partial charge >= 0.3 is 0 Å². The van der Waals surface area contributed by atoms with Crippen LogP contribution in [0.1, 0.15) is 41.9 Å². The van der Waals surface area contributed by atoms with Crippen molar-refractivity contribution in [3.05, 3.63) is 58.8 Å². The van der Waals surface area contributed by atoms with Crippen molar-refractivity contribution in [2.75, 3.05) is 27.2 Å². The molecular formula is C22H29FN2O2. The van der Waals surface area contributed by atoms with Gasteiger partial charge in [0.2, 0.25) is 0 Å². The molecule has 2 heterocycles. The van der Waals surface area contributed by atoms with E-state index in [1.807, 2.05) is 26.2 Å². The highest BCUT2D eigenvalue weighted by Crippen LogP contribution is 2.23. The van der Waals surface area contributed by atoms with Crippen LogP contribution in [0.4, 0.5) is 4.39 Å². The fraction of sp³-hybridized carbons (Fsp3) is 0.500. The summed E-state index contributed by atoms with van der Waals surface area (Å²) in [5.41, 5.74) is 2.35. The number of furan rings is 1. The molecule has 0 aliphatic carbocycles. The molecular weight excluding hydrogens is 343 g/mol. The second kappa shape index (κ2) is 9.29. The number of hydrogen-bond donors (Lipinski definition) is 0. The van der Waals surface area contributed by atoms with E-state index < -0.39 is 0 Å². The van der Waals surface area contributed by atoms with Gasteiger partial charge < -0.3 is 9.32 Å². The lowest BCUT2D eigenvalue weighted by molar-refractivity contribution is -0.120. The maximum absolute atomic E-state index is 12.9. The molecule has 0 saturated carbocycles. The Hall–Kier alpha value is -1.98. The third-order valence-corrected chi connectivity index (χ3v) is 4.95. The number of Topliss-reactive ketones (excluding diaryl/α,β-unsaturated/α-hetero) is 1. The molecule has 0 fully saturated rings. The number of hydrogen-bond acceptors (Lipinski definition) is 4. The largest absolute Gasteiger partial charge is 0.464 e. The van der Waals surface area contributed by atoms with Crippen LogP contribution in [0.5, 0.6) is 0 Å². The highest BCUT2D eigenvalue weighted by Gasteiger charge is 2.22. The van der Waals surface area contributed by atoms with Gasteiger partial charge in [-0.05, 0) is 57.1 Å². The summed E-state index contributed by atoms with van der Waals surface area (Å²) in [4.78, 5) is 16.6. The minimum atomic E-state index is -0.204. The van der Waals surface area contributed by atoms with Crippen LogP contribution in [-0.2, 0) is 30.7 Å². The molecule has 1 aromatic carbocycles. The molecule has 3 rings (SSSR count). The number of fused-ring (bicyclic) bond motifs is 1. The van der Waals surface area contributed by atoms with Crippen LogP contribution in [0.2, 0.25) is 0 Å². The fourth-order valence-corrected chi connectivity index (χ4v) is 3.61. The second-order valence-electron chi connectivity index (χ2n) is 7.73. The number of benzene rings is 1. The monoisotopic (exact) mass is 372 g/mol. The van der Waals surface area contributed by atoms with E-state index in [4.69, 9.17) is 4.42 Å². The number of aryl methyl sites for hydroxylation is 1. The van der Waals surface area contributed by atoms with Crippen molar-refractivity contribution >= 4 is 5.78 Å². The van der Waals surface area contributed by atoms with Crippen LogP contribution in [0, 0.1) is 5.82 Å². The Morgan fingerprint density at radius 1 is 1.22 bits per heavy atom. The number of carbonyl (C=O) groups is 1. The molecule has 4 nitrogen and oxygen atoms in total. The predicted octanol–water partition coefficient (Wildman–Crippen LogP) is 3.82. The summed E-state index contributed by atoms with van der Waals surface area (Å²) in [6, 6.07) is 8.75. The number of halogens is 1. The zero-order chi connectivity index (χ0) is 19.2. The second-order valence-corrected chi connectivity index (χ2v) is 7.73. The van der Waals surface area contributed by atoms with Crippen LogP contribution >= 0.6 is 0 Å². The van der Waals surface area contributed by atoms with Crippen molar-refractivity contribution in [2.24, 2.45) is 0 Å². The average Bonchev–Trinajstić information content (AvgIpc) is 3.01. The summed E-state index contributed by atoms with van der Waals surface area (Å²) in [5, 5.41) is 0. The van der Waals surface area contributed by atoms with Gasteiger partial charge in [0.1, 0.15) is 23.1 Å². The first-order valence-corrected chi connectivity index (χ1v) is 9.73. The Balaban J connectivity index is 1.38. The van der Waals surface area contributed by atoms with Gasteiger partial charge in [-0.25, -0.2) is 4.39 Å². The number of rotatable bonds is 9. The Labute approximate surface area is 161 Å². The van der Waals surface area contributed by atoms with E-state index in [1.165, 1.54) is 17.7 Å². The molecule has 146 valence electrons. The lowest BCUT2D eigenvalue weighted by atomic mass is 10.0. The summed E-state index contributed by atoms with van der Waals surface area (Å²) in [7, 11) is 4.06. The molecule has 0 radical (unpaired) electrons. The first-order chi connectivity index (χ1) is 13.0. The Bertz CT molecular complexity index is 752. The minimum Gasteiger partial charge on any atom is -0.464 e. The number of ketones is 1. The topological polar surface area (TPSA) is 36.7 Å². The molecule has 27 heavy (non-hydrogen) atoms. The fourth-order valence-electron chi connectivity index (χ4n) is 3.61. The van der Waals surface area contributed by atoms with Gasteiger partial charge in [0.15, 0.2) is 0 Å². The number of carbonyl (C=O) groups excluding carboxylic acids is 1. The Morgan fingerprint density at radius 2 is 2.00 bits per heavy atom. The third-order valence-electron chi connectivity index (χ3n) is 4.95. The highest BCUT2D eigenvalue weighted by atomic mass is 19.1. The molecule has 0 unspecified atom stereocenters. The van der Waals surface area contributed by atoms with E-state index in [9.17, 15) is 9.18 Å². The van der Waals surface area contributed by atoms with Crippen molar-refractivity contribution < 1.29 is 13.6 Å². The van der Waals surface area contributed by atoms with Gasteiger partial charge in [0.25, 0.3) is 0 Å². The van der Waals surface area contributed by atoms with Crippen molar-refractivity contribution in [2.45, 2.75) is 45.2 Å². The minimum absolute atomic E-state index is 0.204. The average molecular weight is 372 g/mol. The summed E-state index contributed by atoms with van der Waals surface area (Å²) >= 11 is 0. The van der Waals surface area contributed by atoms with Gasteiger partial charge in [-0.15, -0.1) is 0 Å². The molecule has 0 atom stereocenters. The van der Waals surface area contributed by atoms with E-state index in [-0.39, 0.29) is 5.82 Å². The van der Waals surface area contributed by atoms with Crippen LogP contribution in [-0.4, -0.2) is 42.8 Å². The normalized spacial score (nSPS) is 14.5. The zero-order valence-corrected chi connectivity index (χ0v) is 16.3. The smallest absolute Gasteiger partial charge is 0.146 e. The lowest BCUT2D eigenvalue weighted by Crippen LogP contribution is -2.34. The van der Waals surface area contributed by atoms with E-state index in [0.717, 1.165) is 62.4 Å². The molecule has 1 aromatic heterocycles. The molecule has 5 heteroatoms. The van der Waals surface area contributed by atoms with Crippen molar-refractivity contribution in [1.29, 1.82) is 0 Å². The van der Waals surface area contributed by atoms with Crippen molar-refractivity contribution in [3.63, 3.8) is 0 Å². The lowest BCUT2D eigenvalue weighted by Gasteiger charge is -2.25. The van der Waals surface area contributed by atoms with E-state index in [2.05, 4.69) is 15.9 Å². The van der Waals surface area contributed by atoms with E-state index in [0.29, 0.717) is 18.7 Å². The summed E-state index contributed by atoms with van der Waals surface area (Å²) in [6.07, 6.45) is 4.22. The predicted molar refractivity (Wildman–Crippen MR) is 104 cm³/mol. The molecule has 0 bridgehead atoms. The Morgan fingerprint density at radius 3 is 2.74 bits per heavy atom. The number of unbranched alkanes of at least 4 members (excludes halogenated alkanes) is 1. The Kier molecular flexibility index (Phi) is 6.80. The van der Waals surface area contributed by atoms with Gasteiger partial charge in [-0.2, -0.15) is 0 Å². The maximum atomic E-state index is 12.9. The van der Waals surface area contributed by atoms with E-state index >= 15 is 0 Å². The first-order valence-electron chi connectivity index (χ1n) is 9.73. The molecule has 2 aromatic rings. The van der Waals surface area contributed by atoms with Crippen LogP contribution in [0.25, 0.3) is 0 Å². The van der Waals surface area contributed by atoms with Gasteiger partial charge in [0.05, 0.1) is 13.1 Å². The van der Waals surface area contributed by atoms with Crippen LogP contribution in [0.3, 0.4) is 0 Å². The summed E-state index contributed by atoms with van der Waals surface area (Å²) < 4.78 is 18.8. The molecule has 0 amide bonds. The van der Waals surface area contributed by atoms with E-state index in [1.54, 1.807) is 0 Å². The van der Waals surface area contributed by atoms with Crippen molar-refractivity contribution in [3.8, 4) is 0 Å². The van der Waals surface area contributed by atoms with Gasteiger partial charge in [-0.1, -0.05) is 12.1 Å². The summed E-state index contributed by atoms with van der Waals surface area (Å²) in [6.45, 7) is 3.00. The summed E-state index contributed by atoms with van der Waals surface area (Å²) in [5.74, 6) is 2.17.